The highest BCUT2D eigenvalue weighted by Gasteiger charge is 2.32. The third-order valence-corrected chi connectivity index (χ3v) is 5.22. The van der Waals surface area contributed by atoms with Crippen LogP contribution < -0.4 is 5.32 Å². The van der Waals surface area contributed by atoms with E-state index in [9.17, 15) is 18.0 Å². The Bertz CT molecular complexity index is 557. The van der Waals surface area contributed by atoms with Gasteiger partial charge in [-0.25, -0.2) is 12.7 Å². The van der Waals surface area contributed by atoms with Gasteiger partial charge in [-0.1, -0.05) is 12.2 Å². The van der Waals surface area contributed by atoms with Crippen LogP contribution in [0.15, 0.2) is 12.2 Å². The molecule has 3 unspecified atom stereocenters. The van der Waals surface area contributed by atoms with Crippen molar-refractivity contribution in [2.75, 3.05) is 19.3 Å². The first-order valence-electron chi connectivity index (χ1n) is 6.94. The smallest absolute Gasteiger partial charge is 0.310 e. The summed E-state index contributed by atoms with van der Waals surface area (Å²) in [5.41, 5.74) is 0. The van der Waals surface area contributed by atoms with Gasteiger partial charge >= 0.3 is 5.97 Å². The highest BCUT2D eigenvalue weighted by atomic mass is 32.2. The summed E-state index contributed by atoms with van der Waals surface area (Å²) in [5.74, 6) is -2.03. The topological polar surface area (TPSA) is 104 Å². The maximum absolute atomic E-state index is 12.2. The number of rotatable bonds is 4. The molecule has 0 radical (unpaired) electrons. The molecule has 7 nitrogen and oxygen atoms in total. The average Bonchev–Trinajstić information content (AvgIpc) is 2.86. The fourth-order valence-electron chi connectivity index (χ4n) is 2.75. The number of hydrogen-bond acceptors (Lipinski definition) is 4. The van der Waals surface area contributed by atoms with Crippen molar-refractivity contribution < 1.29 is 23.1 Å². The summed E-state index contributed by atoms with van der Waals surface area (Å²) in [6.07, 6.45) is 6.07. The Balaban J connectivity index is 1.89. The Labute approximate surface area is 124 Å². The van der Waals surface area contributed by atoms with Gasteiger partial charge in [0.15, 0.2) is 0 Å². The zero-order valence-electron chi connectivity index (χ0n) is 11.9. The van der Waals surface area contributed by atoms with Crippen LogP contribution in [0, 0.1) is 11.8 Å². The first-order valence-corrected chi connectivity index (χ1v) is 8.79. The molecule has 1 fully saturated rings. The number of carboxylic acids is 1. The minimum atomic E-state index is -3.28. The Morgan fingerprint density at radius 3 is 2.62 bits per heavy atom. The fourth-order valence-corrected chi connectivity index (χ4v) is 3.66. The third-order valence-electron chi connectivity index (χ3n) is 3.95. The fraction of sp³-hybridized carbons (Fsp3) is 0.692. The molecule has 1 saturated heterocycles. The zero-order valence-corrected chi connectivity index (χ0v) is 12.7. The van der Waals surface area contributed by atoms with Gasteiger partial charge in [0.1, 0.15) is 0 Å². The van der Waals surface area contributed by atoms with Crippen molar-refractivity contribution in [2.24, 2.45) is 11.8 Å². The van der Waals surface area contributed by atoms with Crippen molar-refractivity contribution in [1.82, 2.24) is 9.62 Å². The molecule has 21 heavy (non-hydrogen) atoms. The van der Waals surface area contributed by atoms with Crippen molar-refractivity contribution in [3.8, 4) is 0 Å². The maximum Gasteiger partial charge on any atom is 0.310 e. The Kier molecular flexibility index (Phi) is 4.67. The van der Waals surface area contributed by atoms with E-state index in [4.69, 9.17) is 5.11 Å². The van der Waals surface area contributed by atoms with Crippen molar-refractivity contribution in [2.45, 2.75) is 25.3 Å². The van der Waals surface area contributed by atoms with Gasteiger partial charge in [-0.2, -0.15) is 0 Å². The van der Waals surface area contributed by atoms with Gasteiger partial charge in [-0.15, -0.1) is 0 Å². The minimum Gasteiger partial charge on any atom is -0.481 e. The molecule has 1 amide bonds. The summed E-state index contributed by atoms with van der Waals surface area (Å²) in [7, 11) is -3.28. The van der Waals surface area contributed by atoms with Gasteiger partial charge in [0.2, 0.25) is 15.9 Å². The molecule has 0 spiro atoms. The van der Waals surface area contributed by atoms with Crippen molar-refractivity contribution in [3.63, 3.8) is 0 Å². The van der Waals surface area contributed by atoms with Crippen LogP contribution in [0.4, 0.5) is 0 Å². The molecule has 2 rings (SSSR count). The summed E-state index contributed by atoms with van der Waals surface area (Å²) < 4.78 is 24.4. The highest BCUT2D eigenvalue weighted by molar-refractivity contribution is 7.88. The van der Waals surface area contributed by atoms with Crippen LogP contribution in [-0.2, 0) is 19.6 Å². The number of carboxylic acid groups (broad SMARTS) is 1. The second kappa shape index (κ2) is 6.15. The SMILES string of the molecule is CS(=O)(=O)N1CCCC(C(=O)NC2C=CC(C(=O)O)C2)C1. The summed E-state index contributed by atoms with van der Waals surface area (Å²) in [4.78, 5) is 23.0. The summed E-state index contributed by atoms with van der Waals surface area (Å²) in [5, 5.41) is 11.7. The molecule has 1 heterocycles. The number of nitrogens with zero attached hydrogens (tertiary/aromatic N) is 1. The summed E-state index contributed by atoms with van der Waals surface area (Å²) in [6, 6.07) is -0.285. The number of aliphatic carboxylic acids is 1. The summed E-state index contributed by atoms with van der Waals surface area (Å²) in [6.45, 7) is 0.649. The lowest BCUT2D eigenvalue weighted by molar-refractivity contribution is -0.140. The predicted octanol–water partition coefficient (Wildman–Crippen LogP) is -0.196. The maximum atomic E-state index is 12.2. The zero-order chi connectivity index (χ0) is 15.6. The quantitative estimate of drug-likeness (QED) is 0.699. The lowest BCUT2D eigenvalue weighted by atomic mass is 9.98. The predicted molar refractivity (Wildman–Crippen MR) is 76.0 cm³/mol. The van der Waals surface area contributed by atoms with E-state index in [-0.39, 0.29) is 24.4 Å². The van der Waals surface area contributed by atoms with Crippen LogP contribution in [0.5, 0.6) is 0 Å². The first kappa shape index (κ1) is 16.0. The lowest BCUT2D eigenvalue weighted by Crippen LogP contribution is -2.46. The number of carbonyl (C=O) groups is 2. The molecule has 118 valence electrons. The van der Waals surface area contributed by atoms with E-state index in [1.165, 1.54) is 4.31 Å². The Morgan fingerprint density at radius 1 is 1.33 bits per heavy atom. The lowest BCUT2D eigenvalue weighted by Gasteiger charge is -2.30. The van der Waals surface area contributed by atoms with E-state index in [1.807, 2.05) is 0 Å². The van der Waals surface area contributed by atoms with Crippen LogP contribution in [-0.4, -0.2) is 55.1 Å². The van der Waals surface area contributed by atoms with E-state index >= 15 is 0 Å². The standard InChI is InChI=1S/C13H20N2O5S/c1-21(19,20)15-6-2-3-10(8-15)12(16)14-11-5-4-9(7-11)13(17)18/h4-5,9-11H,2-3,6-8H2,1H3,(H,14,16)(H,17,18). The molecule has 0 bridgehead atoms. The van der Waals surface area contributed by atoms with Crippen LogP contribution in [0.3, 0.4) is 0 Å². The van der Waals surface area contributed by atoms with Gasteiger partial charge in [0.05, 0.1) is 18.1 Å². The third kappa shape index (κ3) is 4.04. The van der Waals surface area contributed by atoms with E-state index in [1.54, 1.807) is 12.2 Å². The largest absolute Gasteiger partial charge is 0.481 e. The molecule has 0 saturated carbocycles. The molecule has 0 aromatic carbocycles. The Hall–Kier alpha value is -1.41. The molecule has 2 aliphatic rings. The number of amides is 1. The van der Waals surface area contributed by atoms with E-state index in [2.05, 4.69) is 5.32 Å². The van der Waals surface area contributed by atoms with E-state index < -0.39 is 21.9 Å². The van der Waals surface area contributed by atoms with Gasteiger partial charge in [0.25, 0.3) is 0 Å². The molecule has 1 aliphatic heterocycles. The number of hydrogen-bond donors (Lipinski definition) is 2. The van der Waals surface area contributed by atoms with Crippen LogP contribution >= 0.6 is 0 Å². The number of sulfonamides is 1. The monoisotopic (exact) mass is 316 g/mol. The molecule has 8 heteroatoms. The number of carbonyl (C=O) groups excluding carboxylic acids is 1. The molecule has 0 aromatic heterocycles. The molecule has 0 aromatic rings. The van der Waals surface area contributed by atoms with E-state index in [0.717, 1.165) is 6.26 Å². The second-order valence-corrected chi connectivity index (χ2v) is 7.62. The molecular weight excluding hydrogens is 296 g/mol. The number of nitrogens with one attached hydrogen (secondary N) is 1. The van der Waals surface area contributed by atoms with Gasteiger partial charge in [-0.05, 0) is 19.3 Å². The van der Waals surface area contributed by atoms with Gasteiger partial charge in [-0.3, -0.25) is 9.59 Å². The van der Waals surface area contributed by atoms with Crippen LogP contribution in [0.25, 0.3) is 0 Å². The van der Waals surface area contributed by atoms with Crippen molar-refractivity contribution in [1.29, 1.82) is 0 Å². The molecular formula is C13H20N2O5S. The normalized spacial score (nSPS) is 30.2. The van der Waals surface area contributed by atoms with Crippen molar-refractivity contribution >= 4 is 21.9 Å². The molecule has 1 aliphatic carbocycles. The van der Waals surface area contributed by atoms with Crippen LogP contribution in [0.1, 0.15) is 19.3 Å². The second-order valence-electron chi connectivity index (χ2n) is 5.64. The summed E-state index contributed by atoms with van der Waals surface area (Å²) >= 11 is 0. The van der Waals surface area contributed by atoms with Crippen LogP contribution in [0.2, 0.25) is 0 Å². The molecule has 3 atom stereocenters. The first-order chi connectivity index (χ1) is 9.77. The Morgan fingerprint density at radius 2 is 2.05 bits per heavy atom. The minimum absolute atomic E-state index is 0.198. The van der Waals surface area contributed by atoms with Gasteiger partial charge in [0, 0.05) is 19.1 Å². The van der Waals surface area contributed by atoms with E-state index in [0.29, 0.717) is 25.8 Å². The van der Waals surface area contributed by atoms with Gasteiger partial charge < -0.3 is 10.4 Å². The highest BCUT2D eigenvalue weighted by Crippen LogP contribution is 2.21. The van der Waals surface area contributed by atoms with Crippen molar-refractivity contribution in [3.05, 3.63) is 12.2 Å². The average molecular weight is 316 g/mol. The number of piperidine rings is 1. The molecule has 2 N–H and O–H groups in total.